The Morgan fingerprint density at radius 3 is 3.09 bits per heavy atom. The predicted octanol–water partition coefficient (Wildman–Crippen LogP) is 1.93. The number of hydrogen-bond donors (Lipinski definition) is 2. The summed E-state index contributed by atoms with van der Waals surface area (Å²) in [6.07, 6.45) is 5.48. The lowest BCUT2D eigenvalue weighted by Gasteiger charge is -2.22. The van der Waals surface area contributed by atoms with Gasteiger partial charge in [-0.05, 0) is 54.8 Å². The lowest BCUT2D eigenvalue weighted by molar-refractivity contribution is -0.0397. The topological polar surface area (TPSA) is 79.6 Å². The Kier molecular flexibility index (Phi) is 6.90. The van der Waals surface area contributed by atoms with Crippen LogP contribution in [0.5, 0.6) is 0 Å². The van der Waals surface area contributed by atoms with E-state index in [2.05, 4.69) is 39.2 Å². The van der Waals surface area contributed by atoms with Crippen LogP contribution in [0.2, 0.25) is 0 Å². The lowest BCUT2D eigenvalue weighted by Crippen LogP contribution is -2.33. The van der Waals surface area contributed by atoms with Crippen molar-refractivity contribution in [2.24, 2.45) is 0 Å². The molecule has 1 amide bonds. The molecule has 22 heavy (non-hydrogen) atoms. The van der Waals surface area contributed by atoms with Crippen LogP contribution in [0.3, 0.4) is 0 Å². The van der Waals surface area contributed by atoms with Gasteiger partial charge in [-0.1, -0.05) is 0 Å². The molecule has 7 nitrogen and oxygen atoms in total. The normalized spacial score (nSPS) is 18.4. The van der Waals surface area contributed by atoms with Gasteiger partial charge in [0.25, 0.3) is 0 Å². The Bertz CT molecular complexity index is 488. The molecule has 2 rings (SSSR count). The molecule has 0 radical (unpaired) electrons. The highest BCUT2D eigenvalue weighted by Crippen LogP contribution is 2.23. The monoisotopic (exact) mass is 422 g/mol. The van der Waals surface area contributed by atoms with Gasteiger partial charge in [-0.25, -0.2) is 9.48 Å². The van der Waals surface area contributed by atoms with Crippen molar-refractivity contribution >= 4 is 28.7 Å². The minimum absolute atomic E-state index is 0.0770. The van der Waals surface area contributed by atoms with Gasteiger partial charge in [-0.2, -0.15) is 5.10 Å². The Hall–Kier alpha value is -0.870. The summed E-state index contributed by atoms with van der Waals surface area (Å²) in [5.41, 5.74) is 1.20. The van der Waals surface area contributed by atoms with Crippen molar-refractivity contribution in [3.05, 3.63) is 15.5 Å². The third kappa shape index (κ3) is 5.10. The van der Waals surface area contributed by atoms with Gasteiger partial charge in [-0.3, -0.25) is 0 Å². The number of nitrogens with zero attached hydrogens (tertiary/aromatic N) is 3. The summed E-state index contributed by atoms with van der Waals surface area (Å²) in [7, 11) is 1.57. The fourth-order valence-electron chi connectivity index (χ4n) is 2.35. The van der Waals surface area contributed by atoms with Gasteiger partial charge in [-0.15, -0.1) is 0 Å². The van der Waals surface area contributed by atoms with E-state index in [1.54, 1.807) is 7.05 Å². The third-order valence-electron chi connectivity index (χ3n) is 3.73. The molecule has 0 aliphatic carbocycles. The van der Waals surface area contributed by atoms with Crippen LogP contribution >= 0.6 is 22.6 Å². The third-order valence-corrected chi connectivity index (χ3v) is 4.64. The number of hydrogen-bond acceptors (Lipinski definition) is 4. The van der Waals surface area contributed by atoms with Gasteiger partial charge >= 0.3 is 6.09 Å². The molecule has 1 aromatic heterocycles. The van der Waals surface area contributed by atoms with Crippen molar-refractivity contribution in [2.75, 3.05) is 33.3 Å². The van der Waals surface area contributed by atoms with Gasteiger partial charge in [0.15, 0.2) is 0 Å². The van der Waals surface area contributed by atoms with Crippen LogP contribution in [0.4, 0.5) is 4.79 Å². The fraction of sp³-hybridized carbons (Fsp3) is 0.714. The van der Waals surface area contributed by atoms with Crippen LogP contribution in [0.15, 0.2) is 6.20 Å². The molecule has 0 aromatic carbocycles. The highest BCUT2D eigenvalue weighted by Gasteiger charge is 2.18. The van der Waals surface area contributed by atoms with E-state index < -0.39 is 6.09 Å². The first-order valence-corrected chi connectivity index (χ1v) is 8.65. The van der Waals surface area contributed by atoms with E-state index in [-0.39, 0.29) is 6.23 Å². The van der Waals surface area contributed by atoms with E-state index in [1.807, 2.05) is 4.68 Å². The van der Waals surface area contributed by atoms with E-state index in [1.165, 1.54) is 16.9 Å². The first-order valence-electron chi connectivity index (χ1n) is 7.58. The van der Waals surface area contributed by atoms with Gasteiger partial charge in [0, 0.05) is 38.5 Å². The molecule has 1 aliphatic rings. The zero-order valence-corrected chi connectivity index (χ0v) is 15.0. The Balaban J connectivity index is 1.73. The summed E-state index contributed by atoms with van der Waals surface area (Å²) < 4.78 is 8.69. The largest absolute Gasteiger partial charge is 0.465 e. The predicted molar refractivity (Wildman–Crippen MR) is 91.0 cm³/mol. The maximum atomic E-state index is 10.7. The van der Waals surface area contributed by atoms with Crippen molar-refractivity contribution in [1.82, 2.24) is 20.0 Å². The smallest absolute Gasteiger partial charge is 0.407 e. The number of rotatable bonds is 7. The minimum atomic E-state index is -0.898. The molecular formula is C14H23IN4O3. The molecule has 2 N–H and O–H groups in total. The first-order chi connectivity index (χ1) is 10.6. The number of likely N-dealkylation sites (N-methyl/N-ethyl adjacent to an activating group) is 1. The van der Waals surface area contributed by atoms with Crippen LogP contribution in [0, 0.1) is 3.70 Å². The van der Waals surface area contributed by atoms with Crippen molar-refractivity contribution in [1.29, 1.82) is 0 Å². The molecule has 0 saturated carbocycles. The van der Waals surface area contributed by atoms with Crippen LogP contribution in [0.25, 0.3) is 0 Å². The lowest BCUT2D eigenvalue weighted by atomic mass is 10.2. The maximum absolute atomic E-state index is 10.7. The zero-order valence-electron chi connectivity index (χ0n) is 12.8. The van der Waals surface area contributed by atoms with Crippen LogP contribution in [-0.4, -0.2) is 59.2 Å². The van der Waals surface area contributed by atoms with E-state index >= 15 is 0 Å². The molecule has 1 fully saturated rings. The summed E-state index contributed by atoms with van der Waals surface area (Å²) in [5.74, 6) is 0. The zero-order chi connectivity index (χ0) is 15.9. The average molecular weight is 422 g/mol. The van der Waals surface area contributed by atoms with Crippen molar-refractivity contribution in [2.45, 2.75) is 31.9 Å². The average Bonchev–Trinajstić information content (AvgIpc) is 2.88. The number of aromatic nitrogens is 2. The fourth-order valence-corrected chi connectivity index (χ4v) is 3.00. The van der Waals surface area contributed by atoms with Gasteiger partial charge in [0.1, 0.15) is 9.93 Å². The minimum Gasteiger partial charge on any atom is -0.465 e. The van der Waals surface area contributed by atoms with E-state index in [0.717, 1.165) is 36.1 Å². The van der Waals surface area contributed by atoms with Crippen LogP contribution in [0.1, 0.15) is 31.1 Å². The summed E-state index contributed by atoms with van der Waals surface area (Å²) >= 11 is 2.26. The number of carbonyl (C=O) groups is 1. The molecule has 1 saturated heterocycles. The molecule has 1 atom stereocenters. The van der Waals surface area contributed by atoms with Gasteiger partial charge < -0.3 is 20.1 Å². The second-order valence-corrected chi connectivity index (χ2v) is 6.47. The first kappa shape index (κ1) is 17.5. The van der Waals surface area contributed by atoms with Crippen LogP contribution in [-0.2, 0) is 11.2 Å². The number of carboxylic acid groups (broad SMARTS) is 1. The Morgan fingerprint density at radius 2 is 2.41 bits per heavy atom. The second kappa shape index (κ2) is 8.68. The molecule has 0 bridgehead atoms. The summed E-state index contributed by atoms with van der Waals surface area (Å²) in [5, 5.41) is 16.6. The van der Waals surface area contributed by atoms with Crippen molar-refractivity contribution in [3.8, 4) is 0 Å². The highest BCUT2D eigenvalue weighted by atomic mass is 127. The molecule has 1 unspecified atom stereocenters. The maximum Gasteiger partial charge on any atom is 0.407 e. The molecule has 1 aliphatic heterocycles. The SMILES string of the molecule is CN(CCNCCc1cn(C2CCCCO2)nc1I)C(=O)O. The second-order valence-electron chi connectivity index (χ2n) is 5.45. The van der Waals surface area contributed by atoms with E-state index in [0.29, 0.717) is 13.1 Å². The number of amides is 1. The number of ether oxygens (including phenoxy) is 1. The Labute approximate surface area is 144 Å². The molecule has 8 heteroatoms. The van der Waals surface area contributed by atoms with E-state index in [4.69, 9.17) is 9.84 Å². The Morgan fingerprint density at radius 1 is 1.59 bits per heavy atom. The summed E-state index contributed by atoms with van der Waals surface area (Å²) in [6, 6.07) is 0. The standard InChI is InChI=1S/C14H23IN4O3/c1-18(14(20)21)8-7-16-6-5-11-10-19(17-13(11)15)12-4-2-3-9-22-12/h10,12,16H,2-9H2,1H3,(H,20,21). The quantitative estimate of drug-likeness (QED) is 0.519. The molecule has 124 valence electrons. The molecule has 0 spiro atoms. The van der Waals surface area contributed by atoms with E-state index in [9.17, 15) is 4.79 Å². The van der Waals surface area contributed by atoms with Crippen molar-refractivity contribution < 1.29 is 14.6 Å². The summed E-state index contributed by atoms with van der Waals surface area (Å²) in [4.78, 5) is 11.9. The van der Waals surface area contributed by atoms with Crippen LogP contribution < -0.4 is 5.32 Å². The number of halogens is 1. The molecular weight excluding hydrogens is 399 g/mol. The summed E-state index contributed by atoms with van der Waals surface area (Å²) in [6.45, 7) is 2.76. The van der Waals surface area contributed by atoms with Crippen molar-refractivity contribution in [3.63, 3.8) is 0 Å². The number of nitrogens with one attached hydrogen (secondary N) is 1. The highest BCUT2D eigenvalue weighted by molar-refractivity contribution is 14.1. The van der Waals surface area contributed by atoms with Gasteiger partial charge in [0.2, 0.25) is 0 Å². The van der Waals surface area contributed by atoms with Gasteiger partial charge in [0.05, 0.1) is 0 Å². The molecule has 1 aromatic rings. The molecule has 2 heterocycles.